The Kier molecular flexibility index (Phi) is 4.69. The number of amides is 1. The van der Waals surface area contributed by atoms with Crippen molar-refractivity contribution in [3.63, 3.8) is 0 Å². The number of aryl methyl sites for hydroxylation is 1. The van der Waals surface area contributed by atoms with E-state index >= 15 is 0 Å². The van der Waals surface area contributed by atoms with Crippen molar-refractivity contribution in [2.45, 2.75) is 0 Å². The van der Waals surface area contributed by atoms with Crippen LogP contribution in [-0.4, -0.2) is 28.1 Å². The first-order valence-electron chi connectivity index (χ1n) is 5.99. The van der Waals surface area contributed by atoms with Crippen LogP contribution in [0.25, 0.3) is 0 Å². The summed E-state index contributed by atoms with van der Waals surface area (Å²) in [5.74, 6) is -1.51. The summed E-state index contributed by atoms with van der Waals surface area (Å²) in [6, 6.07) is 8.17. The average Bonchev–Trinajstić information content (AvgIpc) is 2.74. The zero-order valence-electron chi connectivity index (χ0n) is 11.1. The van der Waals surface area contributed by atoms with Crippen LogP contribution in [0.1, 0.15) is 10.5 Å². The van der Waals surface area contributed by atoms with E-state index in [1.807, 2.05) is 0 Å². The van der Waals surface area contributed by atoms with E-state index in [4.69, 9.17) is 16.7 Å². The van der Waals surface area contributed by atoms with E-state index in [1.165, 1.54) is 4.90 Å². The van der Waals surface area contributed by atoms with Gasteiger partial charge in [-0.05, 0) is 40.2 Å². The predicted octanol–water partition coefficient (Wildman–Crippen LogP) is 3.17. The van der Waals surface area contributed by atoms with Crippen LogP contribution in [-0.2, 0) is 11.8 Å². The SMILES string of the molecule is Cn1cc(Br)cc1C(=O)N(CC(=O)O)c1cccc(Cl)c1. The van der Waals surface area contributed by atoms with Crippen molar-refractivity contribution in [2.75, 3.05) is 11.4 Å². The Hall–Kier alpha value is -1.79. The van der Waals surface area contributed by atoms with Gasteiger partial charge in [-0.2, -0.15) is 0 Å². The van der Waals surface area contributed by atoms with Gasteiger partial charge in [0, 0.05) is 28.4 Å². The molecule has 0 spiro atoms. The van der Waals surface area contributed by atoms with Gasteiger partial charge in [0.1, 0.15) is 12.2 Å². The second-order valence-electron chi connectivity index (χ2n) is 4.42. The number of carboxylic acid groups (broad SMARTS) is 1. The summed E-state index contributed by atoms with van der Waals surface area (Å²) in [5.41, 5.74) is 0.815. The number of rotatable bonds is 4. The monoisotopic (exact) mass is 370 g/mol. The number of carbonyl (C=O) groups is 2. The number of hydrogen-bond acceptors (Lipinski definition) is 2. The highest BCUT2D eigenvalue weighted by Crippen LogP contribution is 2.23. The molecule has 0 saturated carbocycles. The zero-order valence-corrected chi connectivity index (χ0v) is 13.4. The third-order valence-corrected chi connectivity index (χ3v) is 3.52. The van der Waals surface area contributed by atoms with Crippen LogP contribution in [0, 0.1) is 0 Å². The highest BCUT2D eigenvalue weighted by molar-refractivity contribution is 9.10. The molecule has 0 aliphatic carbocycles. The lowest BCUT2D eigenvalue weighted by molar-refractivity contribution is -0.135. The fourth-order valence-corrected chi connectivity index (χ4v) is 2.64. The smallest absolute Gasteiger partial charge is 0.323 e. The van der Waals surface area contributed by atoms with Gasteiger partial charge < -0.3 is 9.67 Å². The Bertz CT molecular complexity index is 699. The number of halogens is 2. The Morgan fingerprint density at radius 1 is 1.38 bits per heavy atom. The number of anilines is 1. The summed E-state index contributed by atoms with van der Waals surface area (Å²) in [4.78, 5) is 24.8. The highest BCUT2D eigenvalue weighted by Gasteiger charge is 2.23. The van der Waals surface area contributed by atoms with Gasteiger partial charge in [0.05, 0.1) is 0 Å². The second-order valence-corrected chi connectivity index (χ2v) is 5.77. The molecule has 0 fully saturated rings. The van der Waals surface area contributed by atoms with Gasteiger partial charge in [-0.15, -0.1) is 0 Å². The Morgan fingerprint density at radius 3 is 2.62 bits per heavy atom. The van der Waals surface area contributed by atoms with Crippen molar-refractivity contribution < 1.29 is 14.7 Å². The lowest BCUT2D eigenvalue weighted by Crippen LogP contribution is -2.36. The average molecular weight is 372 g/mol. The first-order chi connectivity index (χ1) is 9.88. The number of aliphatic carboxylic acids is 1. The molecule has 2 rings (SSSR count). The van der Waals surface area contributed by atoms with Crippen molar-refractivity contribution >= 4 is 45.1 Å². The molecule has 0 aliphatic heterocycles. The molecule has 7 heteroatoms. The topological polar surface area (TPSA) is 62.5 Å². The Labute approximate surface area is 134 Å². The van der Waals surface area contributed by atoms with Crippen LogP contribution < -0.4 is 4.90 Å². The molecule has 0 radical (unpaired) electrons. The third kappa shape index (κ3) is 3.65. The summed E-state index contributed by atoms with van der Waals surface area (Å²) < 4.78 is 2.38. The first-order valence-corrected chi connectivity index (χ1v) is 7.16. The van der Waals surface area contributed by atoms with Gasteiger partial charge in [-0.3, -0.25) is 14.5 Å². The molecule has 0 atom stereocenters. The van der Waals surface area contributed by atoms with Crippen LogP contribution >= 0.6 is 27.5 Å². The normalized spacial score (nSPS) is 10.4. The molecule has 5 nitrogen and oxygen atoms in total. The molecule has 1 heterocycles. The highest BCUT2D eigenvalue weighted by atomic mass is 79.9. The summed E-state index contributed by atoms with van der Waals surface area (Å²) in [6.45, 7) is -0.442. The van der Waals surface area contributed by atoms with E-state index in [1.54, 1.807) is 48.1 Å². The third-order valence-electron chi connectivity index (χ3n) is 2.85. The van der Waals surface area contributed by atoms with Crippen LogP contribution in [0.5, 0.6) is 0 Å². The van der Waals surface area contributed by atoms with Crippen molar-refractivity contribution in [1.29, 1.82) is 0 Å². The van der Waals surface area contributed by atoms with Gasteiger partial charge in [0.2, 0.25) is 0 Å². The molecule has 21 heavy (non-hydrogen) atoms. The maximum atomic E-state index is 12.6. The number of carbonyl (C=O) groups excluding carboxylic acids is 1. The van der Waals surface area contributed by atoms with E-state index in [0.29, 0.717) is 16.4 Å². The van der Waals surface area contributed by atoms with E-state index in [0.717, 1.165) is 4.47 Å². The molecule has 0 unspecified atom stereocenters. The number of nitrogens with zero attached hydrogens (tertiary/aromatic N) is 2. The number of benzene rings is 1. The molecular weight excluding hydrogens is 360 g/mol. The van der Waals surface area contributed by atoms with Gasteiger partial charge in [0.15, 0.2) is 0 Å². The van der Waals surface area contributed by atoms with Crippen LogP contribution in [0.2, 0.25) is 5.02 Å². The largest absolute Gasteiger partial charge is 0.480 e. The van der Waals surface area contributed by atoms with E-state index in [2.05, 4.69) is 15.9 Å². The minimum atomic E-state index is -1.10. The minimum absolute atomic E-state index is 0.378. The van der Waals surface area contributed by atoms with E-state index in [9.17, 15) is 9.59 Å². The molecule has 110 valence electrons. The zero-order chi connectivity index (χ0) is 15.6. The van der Waals surface area contributed by atoms with Crippen molar-refractivity contribution in [3.05, 3.63) is 51.7 Å². The first kappa shape index (κ1) is 15.6. The maximum Gasteiger partial charge on any atom is 0.323 e. The molecule has 1 N–H and O–H groups in total. The second kappa shape index (κ2) is 6.32. The van der Waals surface area contributed by atoms with Gasteiger partial charge in [-0.1, -0.05) is 17.7 Å². The van der Waals surface area contributed by atoms with Gasteiger partial charge in [0.25, 0.3) is 5.91 Å². The molecule has 0 bridgehead atoms. The molecule has 0 aliphatic rings. The van der Waals surface area contributed by atoms with Crippen molar-refractivity contribution in [1.82, 2.24) is 4.57 Å². The van der Waals surface area contributed by atoms with Crippen LogP contribution in [0.3, 0.4) is 0 Å². The van der Waals surface area contributed by atoms with Gasteiger partial charge >= 0.3 is 5.97 Å². The fraction of sp³-hybridized carbons (Fsp3) is 0.143. The Morgan fingerprint density at radius 2 is 2.10 bits per heavy atom. The molecule has 2 aromatic rings. The summed E-state index contributed by atoms with van der Waals surface area (Å²) in [7, 11) is 1.72. The molecular formula is C14H12BrClN2O3. The number of carboxylic acids is 1. The number of aromatic nitrogens is 1. The maximum absolute atomic E-state index is 12.6. The summed E-state index contributed by atoms with van der Waals surface area (Å²) in [5, 5.41) is 9.48. The van der Waals surface area contributed by atoms with E-state index in [-0.39, 0.29) is 0 Å². The summed E-state index contributed by atoms with van der Waals surface area (Å²) >= 11 is 9.20. The lowest BCUT2D eigenvalue weighted by Gasteiger charge is -2.21. The quantitative estimate of drug-likeness (QED) is 0.898. The van der Waals surface area contributed by atoms with Crippen molar-refractivity contribution in [3.8, 4) is 0 Å². The Balaban J connectivity index is 2.43. The number of hydrogen-bond donors (Lipinski definition) is 1. The van der Waals surface area contributed by atoms with E-state index < -0.39 is 18.4 Å². The molecule has 1 aromatic heterocycles. The predicted molar refractivity (Wildman–Crippen MR) is 83.9 cm³/mol. The molecule has 1 amide bonds. The minimum Gasteiger partial charge on any atom is -0.480 e. The molecule has 1 aromatic carbocycles. The van der Waals surface area contributed by atoms with Crippen molar-refractivity contribution in [2.24, 2.45) is 7.05 Å². The molecule has 0 saturated heterocycles. The summed E-state index contributed by atoms with van der Waals surface area (Å²) in [6.07, 6.45) is 1.73. The standard InChI is InChI=1S/C14H12BrClN2O3/c1-17-7-9(15)5-12(17)14(21)18(8-13(19)20)11-4-2-3-10(16)6-11/h2-7H,8H2,1H3,(H,19,20). The fourth-order valence-electron chi connectivity index (χ4n) is 1.93. The lowest BCUT2D eigenvalue weighted by atomic mass is 10.2. The van der Waals surface area contributed by atoms with Gasteiger partial charge in [-0.25, -0.2) is 0 Å². The van der Waals surface area contributed by atoms with Crippen LogP contribution in [0.4, 0.5) is 5.69 Å². The van der Waals surface area contributed by atoms with Crippen LogP contribution in [0.15, 0.2) is 41.0 Å².